The number of nitrogens with zero attached hydrogens (tertiary/aromatic N) is 2. The van der Waals surface area contributed by atoms with E-state index in [1.54, 1.807) is 14.1 Å². The Morgan fingerprint density at radius 2 is 1.76 bits per heavy atom. The molecule has 4 aliphatic rings. The maximum Gasteiger partial charge on any atom is 0.202 e. The summed E-state index contributed by atoms with van der Waals surface area (Å²) in [5.41, 5.74) is -5.33. The lowest BCUT2D eigenvalue weighted by Crippen LogP contribution is -2.66. The standard InChI is InChI=1S/C28H34N2O8/c1-27(37)14-7-6-8-17(31)19(14)23(33)20-15(27)13-16-22(29(2)3)24(34)21(26(36)28(16,38)25(20)35)18(32)9-12-30-10-4-5-11-30/h6-8,15-16,22,31,33,36-38H,4-5,9-13H2,1-3H3. The third kappa shape index (κ3) is 3.58. The second kappa shape index (κ2) is 9.01. The van der Waals surface area contributed by atoms with Gasteiger partial charge in [0.2, 0.25) is 5.78 Å². The molecule has 5 atom stereocenters. The van der Waals surface area contributed by atoms with E-state index in [1.165, 1.54) is 30.0 Å². The number of aliphatic hydroxyl groups is 4. The van der Waals surface area contributed by atoms with E-state index in [2.05, 4.69) is 4.90 Å². The molecule has 1 saturated carbocycles. The molecule has 1 aromatic rings. The van der Waals surface area contributed by atoms with Crippen LogP contribution in [-0.4, -0.2) is 98.1 Å². The monoisotopic (exact) mass is 526 g/mol. The summed E-state index contributed by atoms with van der Waals surface area (Å²) in [7, 11) is 3.16. The zero-order valence-corrected chi connectivity index (χ0v) is 21.8. The second-order valence-corrected chi connectivity index (χ2v) is 11.3. The predicted octanol–water partition coefficient (Wildman–Crippen LogP) is 1.20. The molecule has 0 spiro atoms. The van der Waals surface area contributed by atoms with Crippen LogP contribution < -0.4 is 0 Å². The Bertz CT molecular complexity index is 1290. The molecule has 10 nitrogen and oxygen atoms in total. The number of aliphatic hydroxyl groups excluding tert-OH is 2. The van der Waals surface area contributed by atoms with Crippen LogP contribution in [0.4, 0.5) is 0 Å². The number of aromatic hydroxyl groups is 1. The summed E-state index contributed by atoms with van der Waals surface area (Å²) in [6, 6.07) is 3.18. The fraction of sp³-hybridized carbons (Fsp3) is 0.536. The number of carbonyl (C=O) groups excluding carboxylic acids is 3. The van der Waals surface area contributed by atoms with Gasteiger partial charge in [-0.1, -0.05) is 12.1 Å². The second-order valence-electron chi connectivity index (χ2n) is 11.3. The minimum Gasteiger partial charge on any atom is -0.508 e. The highest BCUT2D eigenvalue weighted by Crippen LogP contribution is 2.57. The number of benzene rings is 1. The largest absolute Gasteiger partial charge is 0.508 e. The molecule has 10 heteroatoms. The zero-order valence-electron chi connectivity index (χ0n) is 21.8. The molecule has 1 aliphatic heterocycles. The van der Waals surface area contributed by atoms with Crippen LogP contribution in [0.25, 0.3) is 5.76 Å². The van der Waals surface area contributed by atoms with Gasteiger partial charge in [-0.25, -0.2) is 0 Å². The molecule has 1 aromatic carbocycles. The number of Topliss-reactive ketones (excluding diaryl/α,β-unsaturated/α-hetero) is 3. The zero-order chi connectivity index (χ0) is 27.7. The topological polar surface area (TPSA) is 159 Å². The van der Waals surface area contributed by atoms with Crippen molar-refractivity contribution in [2.45, 2.75) is 49.9 Å². The van der Waals surface area contributed by atoms with E-state index in [4.69, 9.17) is 0 Å². The average molecular weight is 527 g/mol. The lowest BCUT2D eigenvalue weighted by molar-refractivity contribution is -0.159. The van der Waals surface area contributed by atoms with Gasteiger partial charge in [0.1, 0.15) is 22.8 Å². The quantitative estimate of drug-likeness (QED) is 0.353. The van der Waals surface area contributed by atoms with E-state index in [1.807, 2.05) is 0 Å². The number of carbonyl (C=O) groups is 3. The van der Waals surface area contributed by atoms with Crippen LogP contribution >= 0.6 is 0 Å². The van der Waals surface area contributed by atoms with Gasteiger partial charge in [-0.2, -0.15) is 0 Å². The molecule has 204 valence electrons. The number of fused-ring (bicyclic) bond motifs is 3. The van der Waals surface area contributed by atoms with Gasteiger partial charge in [-0.3, -0.25) is 19.3 Å². The van der Waals surface area contributed by atoms with Crippen molar-refractivity contribution in [1.29, 1.82) is 0 Å². The number of ketones is 3. The van der Waals surface area contributed by atoms with Crippen molar-refractivity contribution in [3.8, 4) is 5.75 Å². The van der Waals surface area contributed by atoms with Crippen molar-refractivity contribution in [2.24, 2.45) is 11.8 Å². The number of phenolic OH excluding ortho intramolecular Hbond substituents is 1. The van der Waals surface area contributed by atoms with Gasteiger partial charge in [0.25, 0.3) is 0 Å². The van der Waals surface area contributed by atoms with E-state index >= 15 is 0 Å². The average Bonchev–Trinajstić information content (AvgIpc) is 3.37. The fourth-order valence-electron chi connectivity index (χ4n) is 6.92. The summed E-state index contributed by atoms with van der Waals surface area (Å²) in [4.78, 5) is 44.6. The first-order valence-corrected chi connectivity index (χ1v) is 13.0. The Labute approximate surface area is 220 Å². The first-order chi connectivity index (χ1) is 17.8. The van der Waals surface area contributed by atoms with Crippen LogP contribution in [0.15, 0.2) is 35.1 Å². The van der Waals surface area contributed by atoms with Crippen molar-refractivity contribution >= 4 is 23.1 Å². The molecule has 0 bridgehead atoms. The van der Waals surface area contributed by atoms with E-state index < -0.39 is 63.5 Å². The number of rotatable bonds is 5. The lowest BCUT2D eigenvalue weighted by Gasteiger charge is -2.53. The van der Waals surface area contributed by atoms with Crippen LogP contribution in [0.5, 0.6) is 5.75 Å². The third-order valence-electron chi connectivity index (χ3n) is 8.91. The van der Waals surface area contributed by atoms with Crippen LogP contribution in [0.2, 0.25) is 0 Å². The summed E-state index contributed by atoms with van der Waals surface area (Å²) in [6.07, 6.45) is 1.81. The number of hydrogen-bond donors (Lipinski definition) is 5. The first kappa shape index (κ1) is 26.6. The van der Waals surface area contributed by atoms with Crippen molar-refractivity contribution < 1.29 is 39.9 Å². The van der Waals surface area contributed by atoms with E-state index in [9.17, 15) is 39.9 Å². The molecular weight excluding hydrogens is 492 g/mol. The van der Waals surface area contributed by atoms with Crippen LogP contribution in [0.1, 0.15) is 43.7 Å². The molecule has 1 saturated heterocycles. The van der Waals surface area contributed by atoms with Gasteiger partial charge in [-0.05, 0) is 65.0 Å². The number of likely N-dealkylation sites (tertiary alicyclic amines) is 1. The SMILES string of the molecule is CN(C)C1C(=O)C(C(=O)CCN2CCCC2)=C(O)C2(O)C(=O)C3=C(O)c4c(O)cccc4C(C)(O)C3CC12. The molecular formula is C28H34N2O8. The van der Waals surface area contributed by atoms with Gasteiger partial charge in [-0.15, -0.1) is 0 Å². The van der Waals surface area contributed by atoms with Crippen molar-refractivity contribution in [1.82, 2.24) is 9.80 Å². The van der Waals surface area contributed by atoms with Gasteiger partial charge in [0, 0.05) is 30.4 Å². The number of phenols is 1. The molecule has 5 rings (SSSR count). The lowest BCUT2D eigenvalue weighted by atomic mass is 9.54. The normalized spacial score (nSPS) is 33.5. The summed E-state index contributed by atoms with van der Waals surface area (Å²) in [5.74, 6) is -6.70. The highest BCUT2D eigenvalue weighted by Gasteiger charge is 2.66. The van der Waals surface area contributed by atoms with Gasteiger partial charge in [0.05, 0.1) is 17.2 Å². The van der Waals surface area contributed by atoms with Crippen molar-refractivity contribution in [3.05, 3.63) is 46.2 Å². The smallest absolute Gasteiger partial charge is 0.202 e. The van der Waals surface area contributed by atoms with Gasteiger partial charge in [0.15, 0.2) is 17.2 Å². The van der Waals surface area contributed by atoms with Gasteiger partial charge < -0.3 is 30.4 Å². The van der Waals surface area contributed by atoms with Crippen molar-refractivity contribution in [2.75, 3.05) is 33.7 Å². The van der Waals surface area contributed by atoms with Crippen LogP contribution in [0.3, 0.4) is 0 Å². The Morgan fingerprint density at radius 1 is 1.11 bits per heavy atom. The first-order valence-electron chi connectivity index (χ1n) is 13.0. The number of likely N-dealkylation sites (N-methyl/N-ethyl adjacent to an activating group) is 1. The fourth-order valence-corrected chi connectivity index (χ4v) is 6.92. The predicted molar refractivity (Wildman–Crippen MR) is 136 cm³/mol. The Morgan fingerprint density at radius 3 is 2.39 bits per heavy atom. The Balaban J connectivity index is 1.65. The molecule has 2 fully saturated rings. The van der Waals surface area contributed by atoms with Crippen LogP contribution in [0, 0.1) is 11.8 Å². The molecule has 0 amide bonds. The summed E-state index contributed by atoms with van der Waals surface area (Å²) in [6.45, 7) is 3.50. The highest BCUT2D eigenvalue weighted by atomic mass is 16.3. The molecule has 5 N–H and O–H groups in total. The summed E-state index contributed by atoms with van der Waals surface area (Å²) < 4.78 is 0. The van der Waals surface area contributed by atoms with Crippen LogP contribution in [-0.2, 0) is 20.0 Å². The molecule has 5 unspecified atom stereocenters. The van der Waals surface area contributed by atoms with E-state index in [0.29, 0.717) is 6.54 Å². The van der Waals surface area contributed by atoms with Crippen molar-refractivity contribution in [3.63, 3.8) is 0 Å². The minimum atomic E-state index is -2.68. The van der Waals surface area contributed by atoms with E-state index in [-0.39, 0.29) is 35.3 Å². The van der Waals surface area contributed by atoms with E-state index in [0.717, 1.165) is 25.9 Å². The Hall–Kier alpha value is -3.05. The molecule has 38 heavy (non-hydrogen) atoms. The van der Waals surface area contributed by atoms with Gasteiger partial charge >= 0.3 is 0 Å². The summed E-state index contributed by atoms with van der Waals surface area (Å²) in [5, 5.41) is 56.5. The number of hydrogen-bond acceptors (Lipinski definition) is 10. The third-order valence-corrected chi connectivity index (χ3v) is 8.91. The minimum absolute atomic E-state index is 0.0627. The molecule has 3 aliphatic carbocycles. The Kier molecular flexibility index (Phi) is 6.30. The maximum atomic E-state index is 14.1. The maximum absolute atomic E-state index is 14.1. The molecule has 1 heterocycles. The highest BCUT2D eigenvalue weighted by molar-refractivity contribution is 6.25. The molecule has 0 aromatic heterocycles. The summed E-state index contributed by atoms with van der Waals surface area (Å²) >= 11 is 0. The molecule has 0 radical (unpaired) electrons.